The van der Waals surface area contributed by atoms with Gasteiger partial charge in [0, 0.05) is 31.2 Å². The van der Waals surface area contributed by atoms with E-state index < -0.39 is 10.5 Å². The molecule has 8 heteroatoms. The van der Waals surface area contributed by atoms with Crippen molar-refractivity contribution in [3.05, 3.63) is 62.4 Å². The van der Waals surface area contributed by atoms with Crippen molar-refractivity contribution in [3.63, 3.8) is 0 Å². The van der Waals surface area contributed by atoms with Gasteiger partial charge in [-0.1, -0.05) is 23.2 Å². The number of hydrogen-bond acceptors (Lipinski definition) is 5. The normalized spacial score (nSPS) is 16.6. The summed E-state index contributed by atoms with van der Waals surface area (Å²) in [6.45, 7) is 1.02. The van der Waals surface area contributed by atoms with Crippen LogP contribution in [0.15, 0.2) is 36.5 Å². The lowest BCUT2D eigenvalue weighted by molar-refractivity contribution is -0.384. The Labute approximate surface area is 148 Å². The molecule has 24 heavy (non-hydrogen) atoms. The number of rotatable bonds is 4. The SMILES string of the molecule is O=[N+]([O-])c1ccc(OC2(c3ncc(Cl)cc3Cl)CCOCC2)cc1. The summed E-state index contributed by atoms with van der Waals surface area (Å²) in [5.41, 5.74) is -0.156. The number of nitro groups is 1. The lowest BCUT2D eigenvalue weighted by Gasteiger charge is -2.37. The highest BCUT2D eigenvalue weighted by molar-refractivity contribution is 6.34. The number of aromatic nitrogens is 1. The minimum Gasteiger partial charge on any atom is -0.481 e. The molecule has 0 aliphatic carbocycles. The van der Waals surface area contributed by atoms with Crippen LogP contribution >= 0.6 is 23.2 Å². The average molecular weight is 369 g/mol. The van der Waals surface area contributed by atoms with Gasteiger partial charge in [0.2, 0.25) is 0 Å². The first-order chi connectivity index (χ1) is 11.5. The molecule has 2 aromatic rings. The van der Waals surface area contributed by atoms with Crippen LogP contribution in [0.1, 0.15) is 18.5 Å². The second-order valence-electron chi connectivity index (χ2n) is 5.44. The van der Waals surface area contributed by atoms with Crippen LogP contribution in [-0.2, 0) is 10.3 Å². The highest BCUT2D eigenvalue weighted by atomic mass is 35.5. The smallest absolute Gasteiger partial charge is 0.269 e. The predicted octanol–water partition coefficient (Wildman–Crippen LogP) is 4.38. The van der Waals surface area contributed by atoms with Gasteiger partial charge in [0.05, 0.1) is 28.2 Å². The number of halogens is 2. The van der Waals surface area contributed by atoms with Crippen LogP contribution in [0.2, 0.25) is 10.0 Å². The van der Waals surface area contributed by atoms with E-state index in [-0.39, 0.29) is 5.69 Å². The van der Waals surface area contributed by atoms with Crippen LogP contribution in [0.5, 0.6) is 5.75 Å². The molecule has 0 saturated carbocycles. The van der Waals surface area contributed by atoms with Crippen molar-refractivity contribution in [1.29, 1.82) is 0 Å². The second kappa shape index (κ2) is 6.93. The topological polar surface area (TPSA) is 74.5 Å². The van der Waals surface area contributed by atoms with Gasteiger partial charge in [0.25, 0.3) is 5.69 Å². The van der Waals surface area contributed by atoms with E-state index >= 15 is 0 Å². The Bertz CT molecular complexity index is 746. The zero-order chi connectivity index (χ0) is 17.2. The lowest BCUT2D eigenvalue weighted by atomic mass is 9.89. The Hall–Kier alpha value is -1.89. The fourth-order valence-electron chi connectivity index (χ4n) is 2.70. The molecular weight excluding hydrogens is 355 g/mol. The minimum atomic E-state index is -0.754. The average Bonchev–Trinajstić information content (AvgIpc) is 2.56. The molecule has 6 nitrogen and oxygen atoms in total. The summed E-state index contributed by atoms with van der Waals surface area (Å²) in [7, 11) is 0. The first-order valence-corrected chi connectivity index (χ1v) is 8.08. The molecule has 1 saturated heterocycles. The zero-order valence-corrected chi connectivity index (χ0v) is 14.1. The first kappa shape index (κ1) is 17.0. The summed E-state index contributed by atoms with van der Waals surface area (Å²) in [5.74, 6) is 0.510. The third-order valence-corrected chi connectivity index (χ3v) is 4.40. The summed E-state index contributed by atoms with van der Waals surface area (Å²) in [6.07, 6.45) is 2.66. The molecule has 1 aromatic heterocycles. The van der Waals surface area contributed by atoms with Gasteiger partial charge in [-0.3, -0.25) is 15.1 Å². The number of nitro benzene ring substituents is 1. The molecule has 2 heterocycles. The quantitative estimate of drug-likeness (QED) is 0.591. The molecule has 0 unspecified atom stereocenters. The van der Waals surface area contributed by atoms with Crippen molar-refractivity contribution in [3.8, 4) is 5.75 Å². The highest BCUT2D eigenvalue weighted by Gasteiger charge is 2.40. The van der Waals surface area contributed by atoms with Crippen LogP contribution in [0.25, 0.3) is 0 Å². The molecule has 0 amide bonds. The second-order valence-corrected chi connectivity index (χ2v) is 6.29. The fraction of sp³-hybridized carbons (Fsp3) is 0.312. The number of pyridine rings is 1. The van der Waals surface area contributed by atoms with Crippen LogP contribution in [0.3, 0.4) is 0 Å². The maximum absolute atomic E-state index is 10.8. The number of nitrogens with zero attached hydrogens (tertiary/aromatic N) is 2. The molecule has 1 aliphatic heterocycles. The molecule has 0 spiro atoms. The Morgan fingerprint density at radius 2 is 1.88 bits per heavy atom. The molecule has 0 atom stereocenters. The van der Waals surface area contributed by atoms with Gasteiger partial charge in [-0.15, -0.1) is 0 Å². The van der Waals surface area contributed by atoms with Crippen molar-refractivity contribution >= 4 is 28.9 Å². The van der Waals surface area contributed by atoms with Crippen molar-refractivity contribution in [2.45, 2.75) is 18.4 Å². The number of non-ortho nitro benzene ring substituents is 1. The molecule has 1 aliphatic rings. The molecular formula is C16H14Cl2N2O4. The van der Waals surface area contributed by atoms with Gasteiger partial charge in [0.1, 0.15) is 11.4 Å². The van der Waals surface area contributed by atoms with Gasteiger partial charge < -0.3 is 9.47 Å². The molecule has 0 N–H and O–H groups in total. The lowest BCUT2D eigenvalue weighted by Crippen LogP contribution is -2.40. The standard InChI is InChI=1S/C16H14Cl2N2O4/c17-11-9-14(18)15(19-10-11)16(5-7-23-8-6-16)24-13-3-1-12(2-4-13)20(21)22/h1-4,9-10H,5-8H2. The predicted molar refractivity (Wildman–Crippen MR) is 89.7 cm³/mol. The Kier molecular flexibility index (Phi) is 4.89. The number of hydrogen-bond donors (Lipinski definition) is 0. The number of ether oxygens (including phenoxy) is 2. The van der Waals surface area contributed by atoms with Crippen molar-refractivity contribution < 1.29 is 14.4 Å². The fourth-order valence-corrected chi connectivity index (χ4v) is 3.25. The van der Waals surface area contributed by atoms with Gasteiger partial charge in [-0.2, -0.15) is 0 Å². The van der Waals surface area contributed by atoms with Crippen molar-refractivity contribution in [1.82, 2.24) is 4.98 Å². The van der Waals surface area contributed by atoms with E-state index in [9.17, 15) is 10.1 Å². The summed E-state index contributed by atoms with van der Waals surface area (Å²) in [4.78, 5) is 14.7. The summed E-state index contributed by atoms with van der Waals surface area (Å²) in [5, 5.41) is 11.6. The van der Waals surface area contributed by atoms with Gasteiger partial charge >= 0.3 is 0 Å². The van der Waals surface area contributed by atoms with E-state index in [1.54, 1.807) is 18.2 Å². The van der Waals surface area contributed by atoms with E-state index in [0.717, 1.165) is 0 Å². The maximum atomic E-state index is 10.8. The number of benzene rings is 1. The van der Waals surface area contributed by atoms with Crippen LogP contribution in [0, 0.1) is 10.1 Å². The zero-order valence-electron chi connectivity index (χ0n) is 12.6. The molecule has 1 aromatic carbocycles. The Balaban J connectivity index is 1.95. The Morgan fingerprint density at radius 3 is 2.46 bits per heavy atom. The first-order valence-electron chi connectivity index (χ1n) is 7.33. The monoisotopic (exact) mass is 368 g/mol. The molecule has 3 rings (SSSR count). The minimum absolute atomic E-state index is 0.00558. The summed E-state index contributed by atoms with van der Waals surface area (Å²) >= 11 is 12.3. The van der Waals surface area contributed by atoms with Crippen LogP contribution in [0.4, 0.5) is 5.69 Å². The molecule has 0 bridgehead atoms. The summed E-state index contributed by atoms with van der Waals surface area (Å²) < 4.78 is 11.6. The van der Waals surface area contributed by atoms with E-state index in [4.69, 9.17) is 32.7 Å². The molecule has 0 radical (unpaired) electrons. The third-order valence-electron chi connectivity index (χ3n) is 3.90. The molecule has 1 fully saturated rings. The molecule has 126 valence electrons. The highest BCUT2D eigenvalue weighted by Crippen LogP contribution is 2.40. The van der Waals surface area contributed by atoms with E-state index in [1.165, 1.54) is 18.3 Å². The third kappa shape index (κ3) is 3.45. The Morgan fingerprint density at radius 1 is 1.21 bits per heavy atom. The van der Waals surface area contributed by atoms with Crippen LogP contribution < -0.4 is 4.74 Å². The largest absolute Gasteiger partial charge is 0.481 e. The van der Waals surface area contributed by atoms with Gasteiger partial charge in [-0.25, -0.2) is 0 Å². The summed E-state index contributed by atoms with van der Waals surface area (Å²) in [6, 6.07) is 7.57. The van der Waals surface area contributed by atoms with Gasteiger partial charge in [-0.05, 0) is 18.2 Å². The van der Waals surface area contributed by atoms with Crippen molar-refractivity contribution in [2.24, 2.45) is 0 Å². The van der Waals surface area contributed by atoms with E-state index in [2.05, 4.69) is 4.98 Å². The van der Waals surface area contributed by atoms with E-state index in [1.807, 2.05) is 0 Å². The van der Waals surface area contributed by atoms with Gasteiger partial charge in [0.15, 0.2) is 5.60 Å². The van der Waals surface area contributed by atoms with Crippen molar-refractivity contribution in [2.75, 3.05) is 13.2 Å². The maximum Gasteiger partial charge on any atom is 0.269 e. The van der Waals surface area contributed by atoms with Crippen LogP contribution in [-0.4, -0.2) is 23.1 Å². The van der Waals surface area contributed by atoms with E-state index in [0.29, 0.717) is 47.5 Å².